The third-order valence-electron chi connectivity index (χ3n) is 1.06. The first kappa shape index (κ1) is 11.6. The molecule has 0 aliphatic heterocycles. The molecule has 0 spiro atoms. The SMILES string of the molecule is Cn1c(S(=O)[O-])cnc1Cl.[Na+]. The van der Waals surface area contributed by atoms with Crippen LogP contribution in [-0.4, -0.2) is 18.3 Å². The molecule has 1 unspecified atom stereocenters. The van der Waals surface area contributed by atoms with Gasteiger partial charge in [-0.15, -0.1) is 0 Å². The minimum atomic E-state index is -2.25. The van der Waals surface area contributed by atoms with E-state index < -0.39 is 11.1 Å². The summed E-state index contributed by atoms with van der Waals surface area (Å²) >= 11 is 3.20. The second-order valence-corrected chi connectivity index (χ2v) is 2.88. The molecule has 0 aliphatic carbocycles. The zero-order valence-electron chi connectivity index (χ0n) is 6.07. The van der Waals surface area contributed by atoms with Gasteiger partial charge in [0.1, 0.15) is 5.03 Å². The van der Waals surface area contributed by atoms with Crippen molar-refractivity contribution in [1.29, 1.82) is 0 Å². The maximum absolute atomic E-state index is 10.3. The van der Waals surface area contributed by atoms with Crippen LogP contribution in [0.4, 0.5) is 0 Å². The molecule has 0 bridgehead atoms. The molecule has 1 heterocycles. The van der Waals surface area contributed by atoms with Crippen molar-refractivity contribution in [3.63, 3.8) is 0 Å². The van der Waals surface area contributed by atoms with Gasteiger partial charge in [-0.1, -0.05) is 0 Å². The van der Waals surface area contributed by atoms with Crippen molar-refractivity contribution < 1.29 is 38.3 Å². The fourth-order valence-electron chi connectivity index (χ4n) is 0.527. The Morgan fingerprint density at radius 3 is 2.55 bits per heavy atom. The molecule has 1 atom stereocenters. The molecule has 0 N–H and O–H groups in total. The van der Waals surface area contributed by atoms with Gasteiger partial charge in [0.15, 0.2) is 0 Å². The van der Waals surface area contributed by atoms with E-state index in [4.69, 9.17) is 11.6 Å². The standard InChI is InChI=1S/C4H5ClN2O2S.Na/c1-7-3(10(8)9)2-6-4(7)5;/h2H,1H3,(H,8,9);/q;+1/p-1. The van der Waals surface area contributed by atoms with Crippen LogP contribution in [0.5, 0.6) is 0 Å². The molecule has 0 fully saturated rings. The van der Waals surface area contributed by atoms with Gasteiger partial charge in [0.2, 0.25) is 5.28 Å². The summed E-state index contributed by atoms with van der Waals surface area (Å²) in [4.78, 5) is 3.57. The molecule has 1 rings (SSSR count). The zero-order valence-corrected chi connectivity index (χ0v) is 9.65. The van der Waals surface area contributed by atoms with Crippen molar-refractivity contribution in [2.24, 2.45) is 7.05 Å². The third kappa shape index (κ3) is 2.54. The van der Waals surface area contributed by atoms with Crippen LogP contribution in [0.2, 0.25) is 5.28 Å². The van der Waals surface area contributed by atoms with E-state index in [1.807, 2.05) is 0 Å². The van der Waals surface area contributed by atoms with E-state index in [1.165, 1.54) is 17.8 Å². The van der Waals surface area contributed by atoms with Gasteiger partial charge >= 0.3 is 29.6 Å². The van der Waals surface area contributed by atoms with Gasteiger partial charge < -0.3 is 9.12 Å². The maximum Gasteiger partial charge on any atom is 1.00 e. The molecule has 7 heteroatoms. The van der Waals surface area contributed by atoms with Crippen molar-refractivity contribution >= 4 is 22.7 Å². The van der Waals surface area contributed by atoms with Crippen molar-refractivity contribution in [2.45, 2.75) is 5.03 Å². The Hall–Kier alpha value is 0.610. The molecule has 0 saturated carbocycles. The maximum atomic E-state index is 10.3. The molecular formula is C4H4ClN2NaO2S. The van der Waals surface area contributed by atoms with E-state index in [1.54, 1.807) is 0 Å². The summed E-state index contributed by atoms with van der Waals surface area (Å²) in [5.74, 6) is 0. The van der Waals surface area contributed by atoms with E-state index in [0.717, 1.165) is 0 Å². The average Bonchev–Trinajstić information content (AvgIpc) is 2.14. The first-order chi connectivity index (χ1) is 4.63. The van der Waals surface area contributed by atoms with Gasteiger partial charge in [-0.3, -0.25) is 4.21 Å². The number of imidazole rings is 1. The van der Waals surface area contributed by atoms with Gasteiger partial charge in [-0.05, 0) is 22.7 Å². The largest absolute Gasteiger partial charge is 1.00 e. The van der Waals surface area contributed by atoms with Gasteiger partial charge in [0, 0.05) is 7.05 Å². The monoisotopic (exact) mass is 202 g/mol. The Balaban J connectivity index is 0.000001000. The summed E-state index contributed by atoms with van der Waals surface area (Å²) in [5, 5.41) is 0.254. The summed E-state index contributed by atoms with van der Waals surface area (Å²) in [6.45, 7) is 0. The van der Waals surface area contributed by atoms with Crippen molar-refractivity contribution in [3.8, 4) is 0 Å². The number of rotatable bonds is 1. The van der Waals surface area contributed by atoms with Gasteiger partial charge in [-0.25, -0.2) is 4.98 Å². The number of halogens is 1. The zero-order chi connectivity index (χ0) is 7.72. The number of hydrogen-bond donors (Lipinski definition) is 0. The van der Waals surface area contributed by atoms with Crippen LogP contribution < -0.4 is 29.6 Å². The molecule has 1 aromatic heterocycles. The van der Waals surface area contributed by atoms with E-state index in [2.05, 4.69) is 4.98 Å². The van der Waals surface area contributed by atoms with Crippen LogP contribution in [0.3, 0.4) is 0 Å². The molecule has 0 aromatic carbocycles. The molecule has 11 heavy (non-hydrogen) atoms. The molecule has 0 amide bonds. The van der Waals surface area contributed by atoms with E-state index in [9.17, 15) is 8.76 Å². The van der Waals surface area contributed by atoms with Crippen molar-refractivity contribution in [3.05, 3.63) is 11.5 Å². The van der Waals surface area contributed by atoms with E-state index >= 15 is 0 Å². The summed E-state index contributed by atoms with van der Waals surface area (Å²) in [6.07, 6.45) is 1.20. The Bertz CT molecular complexity index is 277. The van der Waals surface area contributed by atoms with Crippen LogP contribution >= 0.6 is 11.6 Å². The molecular weight excluding hydrogens is 199 g/mol. The van der Waals surface area contributed by atoms with Gasteiger partial charge in [-0.2, -0.15) is 0 Å². The van der Waals surface area contributed by atoms with Crippen LogP contribution in [0, 0.1) is 0 Å². The van der Waals surface area contributed by atoms with Gasteiger partial charge in [0.25, 0.3) is 0 Å². The smallest absolute Gasteiger partial charge is 0.767 e. The van der Waals surface area contributed by atoms with Gasteiger partial charge in [0.05, 0.1) is 6.20 Å². The Kier molecular flexibility index (Phi) is 4.85. The first-order valence-corrected chi connectivity index (χ1v) is 3.84. The Morgan fingerprint density at radius 2 is 2.36 bits per heavy atom. The predicted molar refractivity (Wildman–Crippen MR) is 35.4 cm³/mol. The fourth-order valence-corrected chi connectivity index (χ4v) is 1.17. The summed E-state index contributed by atoms with van der Waals surface area (Å²) in [6, 6.07) is 0. The average molecular weight is 203 g/mol. The summed E-state index contributed by atoms with van der Waals surface area (Å²) in [5.41, 5.74) is 0. The Labute approximate surface area is 93.5 Å². The second-order valence-electron chi connectivity index (χ2n) is 1.66. The molecule has 4 nitrogen and oxygen atoms in total. The first-order valence-electron chi connectivity index (χ1n) is 2.39. The molecule has 0 radical (unpaired) electrons. The van der Waals surface area contributed by atoms with E-state index in [-0.39, 0.29) is 39.9 Å². The quantitative estimate of drug-likeness (QED) is 0.368. The predicted octanol–water partition coefficient (Wildman–Crippen LogP) is -2.68. The molecule has 0 saturated heterocycles. The number of nitrogens with zero attached hydrogens (tertiary/aromatic N) is 2. The van der Waals surface area contributed by atoms with Crippen molar-refractivity contribution in [1.82, 2.24) is 9.55 Å². The normalized spacial score (nSPS) is 12.3. The minimum Gasteiger partial charge on any atom is -0.767 e. The van der Waals surface area contributed by atoms with Crippen LogP contribution in [0.15, 0.2) is 11.2 Å². The number of aromatic nitrogens is 2. The van der Waals surface area contributed by atoms with Crippen molar-refractivity contribution in [2.75, 3.05) is 0 Å². The van der Waals surface area contributed by atoms with Crippen LogP contribution in [-0.2, 0) is 18.1 Å². The molecule has 56 valence electrons. The molecule has 0 aliphatic rings. The minimum absolute atomic E-state index is 0. The van der Waals surface area contributed by atoms with Crippen LogP contribution in [0.1, 0.15) is 0 Å². The third-order valence-corrected chi connectivity index (χ3v) is 2.13. The topological polar surface area (TPSA) is 58.0 Å². The summed E-state index contributed by atoms with van der Waals surface area (Å²) < 4.78 is 21.9. The summed E-state index contributed by atoms with van der Waals surface area (Å²) in [7, 11) is 1.53. The molecule has 1 aromatic rings. The Morgan fingerprint density at radius 1 is 1.82 bits per heavy atom. The van der Waals surface area contributed by atoms with E-state index in [0.29, 0.717) is 0 Å². The fraction of sp³-hybridized carbons (Fsp3) is 0.250. The van der Waals surface area contributed by atoms with Crippen LogP contribution in [0.25, 0.3) is 0 Å². The second kappa shape index (κ2) is 4.59. The number of hydrogen-bond acceptors (Lipinski definition) is 3.